The highest BCUT2D eigenvalue weighted by Gasteiger charge is 2.01. The molecule has 1 amide bonds. The lowest BCUT2D eigenvalue weighted by atomic mass is 10.3. The minimum Gasteiger partial charge on any atom is -0.367 e. The molecular formula is C6H6N2O2. The maximum Gasteiger partial charge on any atom is 0.254 e. The largest absolute Gasteiger partial charge is 0.367 e. The molecule has 0 aliphatic heterocycles. The zero-order chi connectivity index (χ0) is 7.56. The van der Waals surface area contributed by atoms with Crippen molar-refractivity contribution < 1.29 is 4.79 Å². The van der Waals surface area contributed by atoms with Crippen molar-refractivity contribution in [3.05, 3.63) is 34.2 Å². The minimum absolute atomic E-state index is 0.0116. The average Bonchev–Trinajstić information content (AvgIpc) is 1.88. The molecule has 0 unspecified atom stereocenters. The summed E-state index contributed by atoms with van der Waals surface area (Å²) in [7, 11) is 0. The first-order valence-corrected chi connectivity index (χ1v) is 2.68. The second-order valence-electron chi connectivity index (χ2n) is 1.79. The molecule has 52 valence electrons. The van der Waals surface area contributed by atoms with Crippen LogP contribution >= 0.6 is 0 Å². The summed E-state index contributed by atoms with van der Waals surface area (Å²) in [5.41, 5.74) is 4.49. The molecule has 0 atom stereocenters. The van der Waals surface area contributed by atoms with Gasteiger partial charge >= 0.3 is 0 Å². The molecule has 0 saturated heterocycles. The fourth-order valence-corrected chi connectivity index (χ4v) is 0.609. The molecule has 0 spiro atoms. The van der Waals surface area contributed by atoms with Gasteiger partial charge in [-0.15, -0.1) is 0 Å². The van der Waals surface area contributed by atoms with Crippen LogP contribution in [-0.2, 0) is 0 Å². The van der Waals surface area contributed by atoms with Gasteiger partial charge in [0, 0.05) is 18.5 Å². The monoisotopic (exact) mass is 138 g/mol. The maximum atomic E-state index is 10.7. The number of nitrogens with one attached hydrogen (secondary N) is 1. The Balaban J connectivity index is 3.29. The van der Waals surface area contributed by atoms with Crippen LogP contribution in [0.2, 0.25) is 0 Å². The highest BCUT2D eigenvalue weighted by atomic mass is 16.2. The molecule has 1 heterocycles. The Morgan fingerprint density at radius 3 is 2.70 bits per heavy atom. The number of aromatic amines is 1. The predicted molar refractivity (Wildman–Crippen MR) is 35.6 cm³/mol. The standard InChI is InChI=1S/C6H6N2O2/c7-6(10)4-3-8-2-1-5(4)9/h1-3H,(H2,7,10)(H,8,9). The van der Waals surface area contributed by atoms with Gasteiger partial charge in [0.05, 0.1) is 0 Å². The molecule has 4 heteroatoms. The molecule has 0 radical (unpaired) electrons. The number of hydrogen-bond acceptors (Lipinski definition) is 2. The lowest BCUT2D eigenvalue weighted by Crippen LogP contribution is -2.20. The fraction of sp³-hybridized carbons (Fsp3) is 0. The molecule has 1 aromatic rings. The normalized spacial score (nSPS) is 9.20. The van der Waals surface area contributed by atoms with Crippen molar-refractivity contribution in [2.75, 3.05) is 0 Å². The van der Waals surface area contributed by atoms with Gasteiger partial charge < -0.3 is 10.7 Å². The first-order chi connectivity index (χ1) is 4.72. The lowest BCUT2D eigenvalue weighted by Gasteiger charge is -1.89. The molecule has 1 aromatic heterocycles. The molecule has 0 fully saturated rings. The summed E-state index contributed by atoms with van der Waals surface area (Å²) in [6, 6.07) is 1.25. The van der Waals surface area contributed by atoms with Crippen molar-refractivity contribution >= 4 is 5.91 Å². The molecule has 0 aliphatic carbocycles. The van der Waals surface area contributed by atoms with Crippen LogP contribution in [0.1, 0.15) is 10.4 Å². The Morgan fingerprint density at radius 2 is 2.30 bits per heavy atom. The van der Waals surface area contributed by atoms with Crippen molar-refractivity contribution in [2.24, 2.45) is 5.73 Å². The average molecular weight is 138 g/mol. The van der Waals surface area contributed by atoms with E-state index in [4.69, 9.17) is 5.73 Å². The van der Waals surface area contributed by atoms with E-state index in [-0.39, 0.29) is 11.0 Å². The number of aromatic nitrogens is 1. The summed E-state index contributed by atoms with van der Waals surface area (Å²) in [4.78, 5) is 23.7. The molecule has 4 nitrogen and oxygen atoms in total. The minimum atomic E-state index is -0.707. The topological polar surface area (TPSA) is 76.0 Å². The third kappa shape index (κ3) is 1.05. The quantitative estimate of drug-likeness (QED) is 0.547. The van der Waals surface area contributed by atoms with Gasteiger partial charge in [0.15, 0.2) is 5.43 Å². The molecule has 3 N–H and O–H groups in total. The molecule has 0 aliphatic rings. The summed E-state index contributed by atoms with van der Waals surface area (Å²) in [5.74, 6) is -0.707. The zero-order valence-electron chi connectivity index (χ0n) is 5.13. The van der Waals surface area contributed by atoms with Gasteiger partial charge in [0.2, 0.25) is 0 Å². The SMILES string of the molecule is NC(=O)c1c[nH]ccc1=O. The van der Waals surface area contributed by atoms with E-state index in [0.717, 1.165) is 0 Å². The van der Waals surface area contributed by atoms with E-state index in [1.807, 2.05) is 0 Å². The van der Waals surface area contributed by atoms with Crippen LogP contribution in [0.25, 0.3) is 0 Å². The lowest BCUT2D eigenvalue weighted by molar-refractivity contribution is 0.0999. The number of rotatable bonds is 1. The summed E-state index contributed by atoms with van der Waals surface area (Å²) in [6.07, 6.45) is 2.72. The third-order valence-corrected chi connectivity index (χ3v) is 1.09. The summed E-state index contributed by atoms with van der Waals surface area (Å²) >= 11 is 0. The highest BCUT2D eigenvalue weighted by Crippen LogP contribution is 1.83. The Morgan fingerprint density at radius 1 is 1.60 bits per heavy atom. The number of nitrogens with two attached hydrogens (primary N) is 1. The van der Waals surface area contributed by atoms with Crippen molar-refractivity contribution in [3.63, 3.8) is 0 Å². The van der Waals surface area contributed by atoms with Gasteiger partial charge in [-0.05, 0) is 0 Å². The summed E-state index contributed by atoms with van der Waals surface area (Å²) in [5, 5.41) is 0. The van der Waals surface area contributed by atoms with Crippen LogP contribution in [-0.4, -0.2) is 10.9 Å². The fourth-order valence-electron chi connectivity index (χ4n) is 0.609. The zero-order valence-corrected chi connectivity index (χ0v) is 5.13. The van der Waals surface area contributed by atoms with Crippen molar-refractivity contribution in [2.45, 2.75) is 0 Å². The van der Waals surface area contributed by atoms with Crippen LogP contribution in [0.3, 0.4) is 0 Å². The maximum absolute atomic E-state index is 10.7. The number of amides is 1. The molecule has 0 aromatic carbocycles. The Kier molecular flexibility index (Phi) is 1.53. The molecule has 10 heavy (non-hydrogen) atoms. The number of carbonyl (C=O) groups excluding carboxylic acids is 1. The number of hydrogen-bond donors (Lipinski definition) is 2. The number of pyridine rings is 1. The van der Waals surface area contributed by atoms with E-state index in [2.05, 4.69) is 4.98 Å². The van der Waals surface area contributed by atoms with E-state index >= 15 is 0 Å². The van der Waals surface area contributed by atoms with Crippen LogP contribution < -0.4 is 11.2 Å². The van der Waals surface area contributed by atoms with Gasteiger partial charge in [-0.2, -0.15) is 0 Å². The second-order valence-corrected chi connectivity index (χ2v) is 1.79. The van der Waals surface area contributed by atoms with E-state index in [9.17, 15) is 9.59 Å². The van der Waals surface area contributed by atoms with Gasteiger partial charge in [-0.25, -0.2) is 0 Å². The van der Waals surface area contributed by atoms with Crippen molar-refractivity contribution in [1.82, 2.24) is 4.98 Å². The Bertz CT molecular complexity index is 303. The second kappa shape index (κ2) is 2.34. The van der Waals surface area contributed by atoms with Gasteiger partial charge in [-0.1, -0.05) is 0 Å². The molecule has 0 saturated carbocycles. The van der Waals surface area contributed by atoms with E-state index < -0.39 is 5.91 Å². The number of carbonyl (C=O) groups is 1. The molecule has 0 bridgehead atoms. The van der Waals surface area contributed by atoms with Gasteiger partial charge in [0.1, 0.15) is 5.56 Å². The summed E-state index contributed by atoms with van der Waals surface area (Å²) < 4.78 is 0. The van der Waals surface area contributed by atoms with Crippen LogP contribution in [0.4, 0.5) is 0 Å². The number of H-pyrrole nitrogens is 1. The molecular weight excluding hydrogens is 132 g/mol. The first kappa shape index (κ1) is 6.54. The van der Waals surface area contributed by atoms with Gasteiger partial charge in [0.25, 0.3) is 5.91 Å². The van der Waals surface area contributed by atoms with E-state index in [0.29, 0.717) is 0 Å². The van der Waals surface area contributed by atoms with Gasteiger partial charge in [-0.3, -0.25) is 9.59 Å². The predicted octanol–water partition coefficient (Wildman–Crippen LogP) is -0.526. The third-order valence-electron chi connectivity index (χ3n) is 1.09. The van der Waals surface area contributed by atoms with Crippen molar-refractivity contribution in [1.29, 1.82) is 0 Å². The Labute approximate surface area is 56.7 Å². The Hall–Kier alpha value is -1.58. The van der Waals surface area contributed by atoms with E-state index in [1.165, 1.54) is 18.5 Å². The van der Waals surface area contributed by atoms with Crippen LogP contribution in [0.5, 0.6) is 0 Å². The smallest absolute Gasteiger partial charge is 0.254 e. The summed E-state index contributed by atoms with van der Waals surface area (Å²) in [6.45, 7) is 0. The molecule has 1 rings (SSSR count). The van der Waals surface area contributed by atoms with E-state index in [1.54, 1.807) is 0 Å². The first-order valence-electron chi connectivity index (χ1n) is 2.68. The highest BCUT2D eigenvalue weighted by molar-refractivity contribution is 5.92. The van der Waals surface area contributed by atoms with Crippen LogP contribution in [0, 0.1) is 0 Å². The van der Waals surface area contributed by atoms with Crippen LogP contribution in [0.15, 0.2) is 23.3 Å². The number of primary amides is 1. The van der Waals surface area contributed by atoms with Crippen molar-refractivity contribution in [3.8, 4) is 0 Å².